The van der Waals surface area contributed by atoms with E-state index in [1.54, 1.807) is 53.4 Å². The van der Waals surface area contributed by atoms with Crippen molar-refractivity contribution in [2.24, 2.45) is 0 Å². The van der Waals surface area contributed by atoms with Crippen LogP contribution in [0.3, 0.4) is 0 Å². The molecule has 3 rings (SSSR count). The van der Waals surface area contributed by atoms with Crippen LogP contribution in [0.1, 0.15) is 22.9 Å². The van der Waals surface area contributed by atoms with Crippen LogP contribution in [0.25, 0.3) is 0 Å². The summed E-state index contributed by atoms with van der Waals surface area (Å²) in [6.45, 7) is 0.418. The minimum Gasteiger partial charge on any atom is -0.497 e. The van der Waals surface area contributed by atoms with E-state index in [0.717, 1.165) is 16.9 Å². The van der Waals surface area contributed by atoms with Crippen LogP contribution < -0.4 is 23.7 Å². The van der Waals surface area contributed by atoms with Gasteiger partial charge in [0.05, 0.1) is 35.5 Å². The van der Waals surface area contributed by atoms with Crippen LogP contribution >= 0.6 is 11.8 Å². The number of nitrogens with zero attached hydrogens (tertiary/aromatic N) is 1. The maximum absolute atomic E-state index is 12.9. The average Bonchev–Trinajstić information content (AvgIpc) is 2.79. The van der Waals surface area contributed by atoms with Gasteiger partial charge in [-0.05, 0) is 23.8 Å². The van der Waals surface area contributed by atoms with Crippen LogP contribution in [0.5, 0.6) is 28.7 Å². The lowest BCUT2D eigenvalue weighted by Gasteiger charge is -2.36. The fraction of sp³-hybridized carbons (Fsp3) is 0.409. The molecule has 2 aromatic rings. The second-order valence-corrected chi connectivity index (χ2v) is 7.85. The molecule has 1 unspecified atom stereocenters. The van der Waals surface area contributed by atoms with Crippen molar-refractivity contribution in [1.82, 2.24) is 4.90 Å². The molecule has 1 heterocycles. The summed E-state index contributed by atoms with van der Waals surface area (Å²) in [7, 11) is 8.00. The highest BCUT2D eigenvalue weighted by Gasteiger charge is 2.33. The molecule has 30 heavy (non-hydrogen) atoms. The van der Waals surface area contributed by atoms with Gasteiger partial charge in [0.1, 0.15) is 22.6 Å². The zero-order valence-electron chi connectivity index (χ0n) is 17.9. The Labute approximate surface area is 181 Å². The highest BCUT2D eigenvalue weighted by atomic mass is 32.2. The van der Waals surface area contributed by atoms with Gasteiger partial charge in [0.2, 0.25) is 5.91 Å². The SMILES string of the molecule is COc1cc(CN2C(=O)CCSC2c2cc(OC)c(OC)cc2OC)cc(OC)c1. The van der Waals surface area contributed by atoms with Gasteiger partial charge >= 0.3 is 0 Å². The highest BCUT2D eigenvalue weighted by molar-refractivity contribution is 7.99. The molecule has 1 fully saturated rings. The maximum atomic E-state index is 12.9. The Morgan fingerprint density at radius 3 is 2.00 bits per heavy atom. The molecule has 0 bridgehead atoms. The van der Waals surface area contributed by atoms with Crippen LogP contribution in [0.4, 0.5) is 0 Å². The first-order chi connectivity index (χ1) is 14.5. The number of methoxy groups -OCH3 is 5. The van der Waals surface area contributed by atoms with Crippen LogP contribution in [0.2, 0.25) is 0 Å². The second kappa shape index (κ2) is 9.84. The summed E-state index contributed by atoms with van der Waals surface area (Å²) in [6.07, 6.45) is 0.484. The topological polar surface area (TPSA) is 66.5 Å². The lowest BCUT2D eigenvalue weighted by Crippen LogP contribution is -2.37. The number of rotatable bonds is 8. The molecule has 0 aromatic heterocycles. The fourth-order valence-electron chi connectivity index (χ4n) is 3.45. The van der Waals surface area contributed by atoms with E-state index in [9.17, 15) is 4.79 Å². The molecule has 0 spiro atoms. The molecule has 0 radical (unpaired) electrons. The van der Waals surface area contributed by atoms with Crippen molar-refractivity contribution in [3.63, 3.8) is 0 Å². The van der Waals surface area contributed by atoms with Gasteiger partial charge in [-0.25, -0.2) is 0 Å². The standard InChI is InChI=1S/C22H27NO6S/c1-25-15-8-14(9-16(10-15)26-2)13-23-21(24)6-7-30-22(23)17-11-19(28-4)20(29-5)12-18(17)27-3/h8-12,22H,6-7,13H2,1-5H3. The van der Waals surface area contributed by atoms with E-state index in [1.165, 1.54) is 0 Å². The van der Waals surface area contributed by atoms with Crippen molar-refractivity contribution in [3.05, 3.63) is 41.5 Å². The number of carbonyl (C=O) groups excluding carboxylic acids is 1. The van der Waals surface area contributed by atoms with E-state index < -0.39 is 0 Å². The number of hydrogen-bond acceptors (Lipinski definition) is 7. The van der Waals surface area contributed by atoms with E-state index in [-0.39, 0.29) is 11.3 Å². The molecule has 1 aliphatic rings. The lowest BCUT2D eigenvalue weighted by molar-refractivity contribution is -0.132. The number of ether oxygens (including phenoxy) is 5. The third kappa shape index (κ3) is 4.53. The van der Waals surface area contributed by atoms with Gasteiger partial charge in [-0.3, -0.25) is 4.79 Å². The number of hydrogen-bond donors (Lipinski definition) is 0. The minimum absolute atomic E-state index is 0.0809. The molecule has 1 aliphatic heterocycles. The van der Waals surface area contributed by atoms with Gasteiger partial charge in [0.15, 0.2) is 11.5 Å². The Hall–Kier alpha value is -2.74. The predicted octanol–water partition coefficient (Wildman–Crippen LogP) is 3.89. The van der Waals surface area contributed by atoms with Gasteiger partial charge in [0, 0.05) is 36.4 Å². The first-order valence-electron chi connectivity index (χ1n) is 9.47. The average molecular weight is 434 g/mol. The van der Waals surface area contributed by atoms with Gasteiger partial charge in [-0.15, -0.1) is 11.8 Å². The normalized spacial score (nSPS) is 16.2. The van der Waals surface area contributed by atoms with Gasteiger partial charge in [-0.1, -0.05) is 0 Å². The smallest absolute Gasteiger partial charge is 0.224 e. The molecule has 0 N–H and O–H groups in total. The van der Waals surface area contributed by atoms with Crippen molar-refractivity contribution >= 4 is 17.7 Å². The van der Waals surface area contributed by atoms with E-state index in [0.29, 0.717) is 41.7 Å². The molecule has 162 valence electrons. The highest BCUT2D eigenvalue weighted by Crippen LogP contribution is 2.46. The van der Waals surface area contributed by atoms with Gasteiger partial charge < -0.3 is 28.6 Å². The summed E-state index contributed by atoms with van der Waals surface area (Å²) in [6, 6.07) is 9.31. The Balaban J connectivity index is 2.01. The fourth-order valence-corrected chi connectivity index (χ4v) is 4.70. The van der Waals surface area contributed by atoms with E-state index in [2.05, 4.69) is 0 Å². The van der Waals surface area contributed by atoms with E-state index in [4.69, 9.17) is 23.7 Å². The predicted molar refractivity (Wildman–Crippen MR) is 116 cm³/mol. The zero-order valence-corrected chi connectivity index (χ0v) is 18.7. The molecule has 0 saturated carbocycles. The molecule has 2 aromatic carbocycles. The summed E-state index contributed by atoms with van der Waals surface area (Å²) in [5.74, 6) is 4.00. The summed E-state index contributed by atoms with van der Waals surface area (Å²) < 4.78 is 27.3. The summed E-state index contributed by atoms with van der Waals surface area (Å²) in [4.78, 5) is 14.8. The summed E-state index contributed by atoms with van der Waals surface area (Å²) >= 11 is 1.70. The zero-order chi connectivity index (χ0) is 21.7. The van der Waals surface area contributed by atoms with E-state index in [1.807, 2.05) is 29.2 Å². The van der Waals surface area contributed by atoms with Crippen molar-refractivity contribution < 1.29 is 28.5 Å². The van der Waals surface area contributed by atoms with Crippen molar-refractivity contribution in [2.45, 2.75) is 18.3 Å². The van der Waals surface area contributed by atoms with Crippen molar-refractivity contribution in [3.8, 4) is 28.7 Å². The molecule has 7 nitrogen and oxygen atoms in total. The Bertz CT molecular complexity index is 881. The summed E-state index contributed by atoms with van der Waals surface area (Å²) in [5, 5.41) is -0.224. The maximum Gasteiger partial charge on any atom is 0.224 e. The Morgan fingerprint density at radius 2 is 1.43 bits per heavy atom. The molecule has 1 amide bonds. The molecular formula is C22H27NO6S. The largest absolute Gasteiger partial charge is 0.497 e. The third-order valence-electron chi connectivity index (χ3n) is 4.96. The van der Waals surface area contributed by atoms with Gasteiger partial charge in [-0.2, -0.15) is 0 Å². The number of thioether (sulfide) groups is 1. The van der Waals surface area contributed by atoms with Gasteiger partial charge in [0.25, 0.3) is 0 Å². The van der Waals surface area contributed by atoms with Crippen LogP contribution in [-0.4, -0.2) is 52.1 Å². The lowest BCUT2D eigenvalue weighted by atomic mass is 10.1. The molecule has 1 saturated heterocycles. The number of amides is 1. The molecule has 1 atom stereocenters. The first-order valence-corrected chi connectivity index (χ1v) is 10.5. The van der Waals surface area contributed by atoms with Crippen molar-refractivity contribution in [1.29, 1.82) is 0 Å². The third-order valence-corrected chi connectivity index (χ3v) is 6.23. The number of carbonyl (C=O) groups is 1. The molecule has 8 heteroatoms. The first kappa shape index (κ1) is 22.0. The number of benzene rings is 2. The quantitative estimate of drug-likeness (QED) is 0.626. The molecule has 0 aliphatic carbocycles. The van der Waals surface area contributed by atoms with E-state index >= 15 is 0 Å². The van der Waals surface area contributed by atoms with Crippen molar-refractivity contribution in [2.75, 3.05) is 41.3 Å². The second-order valence-electron chi connectivity index (χ2n) is 6.66. The van der Waals surface area contributed by atoms with Crippen LogP contribution in [0.15, 0.2) is 30.3 Å². The van der Waals surface area contributed by atoms with Crippen LogP contribution in [-0.2, 0) is 11.3 Å². The summed E-state index contributed by atoms with van der Waals surface area (Å²) in [5.41, 5.74) is 1.79. The van der Waals surface area contributed by atoms with Crippen LogP contribution in [0, 0.1) is 0 Å². The monoisotopic (exact) mass is 433 g/mol. The minimum atomic E-state index is -0.224. The Kier molecular flexibility index (Phi) is 7.20. The molecular weight excluding hydrogens is 406 g/mol. The Morgan fingerprint density at radius 1 is 0.833 bits per heavy atom.